The summed E-state index contributed by atoms with van der Waals surface area (Å²) < 4.78 is 40.2. The number of aliphatic carboxylic acids is 1. The van der Waals surface area contributed by atoms with Crippen LogP contribution in [-0.4, -0.2) is 43.1 Å². The van der Waals surface area contributed by atoms with E-state index in [-0.39, 0.29) is 19.6 Å². The number of carboxylic acid groups (broad SMARTS) is 1. The Bertz CT molecular complexity index is 221. The molecule has 0 rings (SSSR count). The van der Waals surface area contributed by atoms with Gasteiger partial charge in [-0.3, -0.25) is 4.79 Å². The van der Waals surface area contributed by atoms with Crippen LogP contribution in [0.3, 0.4) is 0 Å². The monoisotopic (exact) mass is 257 g/mol. The van der Waals surface area contributed by atoms with Crippen molar-refractivity contribution in [2.45, 2.75) is 38.4 Å². The minimum Gasteiger partial charge on any atom is -0.480 e. The molecule has 0 aromatic rings. The first-order chi connectivity index (χ1) is 7.87. The quantitative estimate of drug-likeness (QED) is 0.618. The Labute approximate surface area is 98.1 Å². The number of carbonyl (C=O) groups is 1. The van der Waals surface area contributed by atoms with Crippen molar-refractivity contribution in [2.24, 2.45) is 0 Å². The topological polar surface area (TPSA) is 58.6 Å². The number of halogens is 3. The zero-order valence-corrected chi connectivity index (χ0v) is 9.72. The fraction of sp³-hybridized carbons (Fsp3) is 0.900. The molecule has 0 aliphatic carbocycles. The second kappa shape index (κ2) is 8.30. The molecule has 1 unspecified atom stereocenters. The predicted molar refractivity (Wildman–Crippen MR) is 55.8 cm³/mol. The van der Waals surface area contributed by atoms with Crippen molar-refractivity contribution in [3.05, 3.63) is 0 Å². The molecule has 0 aliphatic rings. The van der Waals surface area contributed by atoms with E-state index >= 15 is 0 Å². The molecule has 0 bridgehead atoms. The summed E-state index contributed by atoms with van der Waals surface area (Å²) in [5, 5.41) is 11.5. The van der Waals surface area contributed by atoms with Crippen LogP contribution in [0.15, 0.2) is 0 Å². The highest BCUT2D eigenvalue weighted by atomic mass is 19.4. The minimum absolute atomic E-state index is 0.0862. The maximum absolute atomic E-state index is 11.8. The van der Waals surface area contributed by atoms with Crippen molar-refractivity contribution in [3.63, 3.8) is 0 Å². The summed E-state index contributed by atoms with van der Waals surface area (Å²) in [6.07, 6.45) is -4.47. The van der Waals surface area contributed by atoms with Crippen LogP contribution in [0, 0.1) is 0 Å². The molecule has 0 spiro atoms. The molecular weight excluding hydrogens is 239 g/mol. The summed E-state index contributed by atoms with van der Waals surface area (Å²) in [7, 11) is 0. The van der Waals surface area contributed by atoms with E-state index in [0.717, 1.165) is 6.42 Å². The van der Waals surface area contributed by atoms with Crippen LogP contribution in [0.4, 0.5) is 13.2 Å². The molecule has 1 atom stereocenters. The molecule has 0 aromatic heterocycles. The summed E-state index contributed by atoms with van der Waals surface area (Å²) in [5.41, 5.74) is 0. The molecule has 0 aromatic carbocycles. The Morgan fingerprint density at radius 3 is 2.59 bits per heavy atom. The van der Waals surface area contributed by atoms with Crippen molar-refractivity contribution < 1.29 is 27.8 Å². The van der Waals surface area contributed by atoms with Crippen molar-refractivity contribution in [3.8, 4) is 0 Å². The number of ether oxygens (including phenoxy) is 1. The zero-order valence-electron chi connectivity index (χ0n) is 9.72. The van der Waals surface area contributed by atoms with Crippen LogP contribution in [0.25, 0.3) is 0 Å². The number of carboxylic acids is 1. The average Bonchev–Trinajstić information content (AvgIpc) is 2.20. The van der Waals surface area contributed by atoms with E-state index in [0.29, 0.717) is 6.54 Å². The summed E-state index contributed by atoms with van der Waals surface area (Å²) in [6, 6.07) is -0.860. The summed E-state index contributed by atoms with van der Waals surface area (Å²) in [5.74, 6) is -1.06. The summed E-state index contributed by atoms with van der Waals surface area (Å²) >= 11 is 0. The molecule has 0 saturated heterocycles. The van der Waals surface area contributed by atoms with Gasteiger partial charge in [-0.2, -0.15) is 13.2 Å². The molecule has 2 N–H and O–H groups in total. The zero-order chi connectivity index (χ0) is 13.3. The molecule has 0 saturated carbocycles. The first kappa shape index (κ1) is 16.2. The van der Waals surface area contributed by atoms with Crippen LogP contribution in [-0.2, 0) is 9.53 Å². The Kier molecular flexibility index (Phi) is 7.90. The van der Waals surface area contributed by atoms with E-state index in [1.54, 1.807) is 0 Å². The van der Waals surface area contributed by atoms with Crippen molar-refractivity contribution >= 4 is 5.97 Å². The Morgan fingerprint density at radius 1 is 1.47 bits per heavy atom. The fourth-order valence-corrected chi connectivity index (χ4v) is 1.11. The normalized spacial score (nSPS) is 13.6. The van der Waals surface area contributed by atoms with Gasteiger partial charge in [-0.05, 0) is 19.4 Å². The van der Waals surface area contributed by atoms with E-state index < -0.39 is 24.6 Å². The SMILES string of the molecule is CCCNC(COCCCC(F)(F)F)C(=O)O. The molecular formula is C10H18F3NO3. The van der Waals surface area contributed by atoms with Crippen LogP contribution >= 0.6 is 0 Å². The largest absolute Gasteiger partial charge is 0.480 e. The maximum atomic E-state index is 11.8. The molecule has 7 heteroatoms. The first-order valence-electron chi connectivity index (χ1n) is 5.47. The van der Waals surface area contributed by atoms with Gasteiger partial charge >= 0.3 is 12.1 Å². The number of hydrogen-bond acceptors (Lipinski definition) is 3. The highest BCUT2D eigenvalue weighted by molar-refractivity contribution is 5.73. The number of alkyl halides is 3. The predicted octanol–water partition coefficient (Wildman–Crippen LogP) is 1.80. The third kappa shape index (κ3) is 10.1. The highest BCUT2D eigenvalue weighted by Crippen LogP contribution is 2.20. The molecule has 102 valence electrons. The number of nitrogens with one attached hydrogen (secondary N) is 1. The molecule has 17 heavy (non-hydrogen) atoms. The Hall–Kier alpha value is -0.820. The third-order valence-electron chi connectivity index (χ3n) is 1.97. The van der Waals surface area contributed by atoms with Gasteiger partial charge in [0.05, 0.1) is 6.61 Å². The lowest BCUT2D eigenvalue weighted by Gasteiger charge is -2.14. The molecule has 0 radical (unpaired) electrons. The second-order valence-corrected chi connectivity index (χ2v) is 3.64. The van der Waals surface area contributed by atoms with E-state index in [1.165, 1.54) is 0 Å². The standard InChI is InChI=1S/C10H18F3NO3/c1-2-5-14-8(9(15)16)7-17-6-3-4-10(11,12)13/h8,14H,2-7H2,1H3,(H,15,16). The summed E-state index contributed by atoms with van der Waals surface area (Å²) in [6.45, 7) is 2.21. The second-order valence-electron chi connectivity index (χ2n) is 3.64. The van der Waals surface area contributed by atoms with Gasteiger partial charge in [-0.25, -0.2) is 0 Å². The lowest BCUT2D eigenvalue weighted by molar-refractivity contribution is -0.143. The molecule has 0 fully saturated rings. The van der Waals surface area contributed by atoms with Crippen molar-refractivity contribution in [1.29, 1.82) is 0 Å². The molecule has 0 heterocycles. The first-order valence-corrected chi connectivity index (χ1v) is 5.47. The Morgan fingerprint density at radius 2 is 2.12 bits per heavy atom. The van der Waals surface area contributed by atoms with Crippen LogP contribution in [0.5, 0.6) is 0 Å². The van der Waals surface area contributed by atoms with Gasteiger partial charge in [0.25, 0.3) is 0 Å². The highest BCUT2D eigenvalue weighted by Gasteiger charge is 2.26. The van der Waals surface area contributed by atoms with E-state index in [9.17, 15) is 18.0 Å². The third-order valence-corrected chi connectivity index (χ3v) is 1.97. The van der Waals surface area contributed by atoms with E-state index in [4.69, 9.17) is 9.84 Å². The van der Waals surface area contributed by atoms with E-state index in [1.807, 2.05) is 6.92 Å². The summed E-state index contributed by atoms with van der Waals surface area (Å²) in [4.78, 5) is 10.7. The molecule has 0 amide bonds. The molecule has 0 aliphatic heterocycles. The molecule has 4 nitrogen and oxygen atoms in total. The number of rotatable bonds is 9. The number of hydrogen-bond donors (Lipinski definition) is 2. The Balaban J connectivity index is 3.65. The van der Waals surface area contributed by atoms with Crippen molar-refractivity contribution in [2.75, 3.05) is 19.8 Å². The van der Waals surface area contributed by atoms with Gasteiger partial charge in [-0.1, -0.05) is 6.92 Å². The van der Waals surface area contributed by atoms with Gasteiger partial charge < -0.3 is 15.2 Å². The van der Waals surface area contributed by atoms with E-state index in [2.05, 4.69) is 5.32 Å². The smallest absolute Gasteiger partial charge is 0.389 e. The van der Waals surface area contributed by atoms with Gasteiger partial charge in [0.2, 0.25) is 0 Å². The van der Waals surface area contributed by atoms with Crippen LogP contribution < -0.4 is 5.32 Å². The van der Waals surface area contributed by atoms with Gasteiger partial charge in [0, 0.05) is 13.0 Å². The van der Waals surface area contributed by atoms with Crippen molar-refractivity contribution in [1.82, 2.24) is 5.32 Å². The maximum Gasteiger partial charge on any atom is 0.389 e. The fourth-order valence-electron chi connectivity index (χ4n) is 1.11. The lowest BCUT2D eigenvalue weighted by atomic mass is 10.3. The van der Waals surface area contributed by atoms with Gasteiger partial charge in [0.15, 0.2) is 0 Å². The lowest BCUT2D eigenvalue weighted by Crippen LogP contribution is -2.41. The van der Waals surface area contributed by atoms with Gasteiger partial charge in [-0.15, -0.1) is 0 Å². The van der Waals surface area contributed by atoms with Crippen LogP contribution in [0.2, 0.25) is 0 Å². The minimum atomic E-state index is -4.18. The van der Waals surface area contributed by atoms with Gasteiger partial charge in [0.1, 0.15) is 6.04 Å². The van der Waals surface area contributed by atoms with Crippen LogP contribution in [0.1, 0.15) is 26.2 Å². The average molecular weight is 257 g/mol.